The molecule has 2 bridgehead atoms. The summed E-state index contributed by atoms with van der Waals surface area (Å²) >= 11 is 1.39. The number of aromatic nitrogens is 1. The highest BCUT2D eigenvalue weighted by Crippen LogP contribution is 2.47. The number of ether oxygens (including phenoxy) is 1. The van der Waals surface area contributed by atoms with E-state index in [1.54, 1.807) is 17.2 Å². The maximum Gasteiger partial charge on any atom is 0.278 e. The molecule has 1 aromatic heterocycles. The summed E-state index contributed by atoms with van der Waals surface area (Å²) in [6, 6.07) is 9.05. The predicted octanol–water partition coefficient (Wildman–Crippen LogP) is 3.53. The first-order valence-electron chi connectivity index (χ1n) is 11.0. The van der Waals surface area contributed by atoms with Crippen LogP contribution in [0.3, 0.4) is 0 Å². The minimum Gasteiger partial charge on any atom is -0.502 e. The molecule has 1 atom stereocenters. The third-order valence-electron chi connectivity index (χ3n) is 6.44. The van der Waals surface area contributed by atoms with Crippen molar-refractivity contribution in [2.45, 2.75) is 16.7 Å². The van der Waals surface area contributed by atoms with Crippen LogP contribution in [0, 0.1) is 11.6 Å². The fourth-order valence-electron chi connectivity index (χ4n) is 4.82. The van der Waals surface area contributed by atoms with E-state index >= 15 is 4.39 Å². The van der Waals surface area contributed by atoms with Gasteiger partial charge in [-0.25, -0.2) is 8.78 Å². The molecule has 0 aliphatic carbocycles. The number of pyridine rings is 1. The molecule has 178 valence electrons. The van der Waals surface area contributed by atoms with Crippen molar-refractivity contribution in [1.29, 1.82) is 0 Å². The first kappa shape index (κ1) is 21.7. The first-order valence-corrected chi connectivity index (χ1v) is 12.0. The van der Waals surface area contributed by atoms with Gasteiger partial charge in [-0.1, -0.05) is 24.3 Å². The van der Waals surface area contributed by atoms with E-state index < -0.39 is 34.8 Å². The fraction of sp³-hybridized carbons (Fsp3) is 0.200. The fourth-order valence-corrected chi connectivity index (χ4v) is 5.93. The van der Waals surface area contributed by atoms with Crippen LogP contribution in [-0.2, 0) is 5.75 Å². The standard InChI is InChI=1S/C25H19F2N3O4S/c26-16-11-18-20-15(21(16)27)12-35-19-6-2-1-5-14(19)22(20)30-13-28(8-3-4-10-34-18)25(33)23-24(32)17(31)7-9-29(23)30/h1-7,9,11,22,32H,8,10,12-13H2/b4-3-/t22-/m1/s1. The molecule has 0 saturated carbocycles. The summed E-state index contributed by atoms with van der Waals surface area (Å²) in [5, 5.41) is 12.4. The van der Waals surface area contributed by atoms with E-state index in [4.69, 9.17) is 4.74 Å². The van der Waals surface area contributed by atoms with E-state index in [-0.39, 0.29) is 42.6 Å². The van der Waals surface area contributed by atoms with Crippen molar-refractivity contribution in [3.05, 3.63) is 99.0 Å². The minimum absolute atomic E-state index is 0.0695. The van der Waals surface area contributed by atoms with Gasteiger partial charge in [-0.3, -0.25) is 19.3 Å². The van der Waals surface area contributed by atoms with Crippen LogP contribution in [-0.4, -0.2) is 40.4 Å². The SMILES string of the molecule is O=C1c2c(O)c(=O)ccn2N2CN1C/C=C\COc1cc(F)c(F)c3c1[C@H]2c1ccccc1SC3. The molecule has 6 rings (SSSR count). The van der Waals surface area contributed by atoms with Crippen LogP contribution in [0.1, 0.15) is 33.2 Å². The van der Waals surface area contributed by atoms with Crippen LogP contribution >= 0.6 is 11.8 Å². The second-order valence-electron chi connectivity index (χ2n) is 8.40. The van der Waals surface area contributed by atoms with Crippen LogP contribution in [0.5, 0.6) is 11.5 Å². The van der Waals surface area contributed by atoms with E-state index in [0.717, 1.165) is 16.5 Å². The third kappa shape index (κ3) is 3.31. The van der Waals surface area contributed by atoms with E-state index in [1.165, 1.54) is 33.6 Å². The Morgan fingerprint density at radius 1 is 1.11 bits per heavy atom. The molecule has 0 fully saturated rings. The zero-order valence-corrected chi connectivity index (χ0v) is 19.1. The molecule has 0 saturated heterocycles. The number of thioether (sulfide) groups is 1. The Labute approximate surface area is 202 Å². The lowest BCUT2D eigenvalue weighted by Gasteiger charge is -2.44. The van der Waals surface area contributed by atoms with Crippen molar-refractivity contribution in [3.8, 4) is 11.5 Å². The molecule has 1 N–H and O–H groups in total. The smallest absolute Gasteiger partial charge is 0.278 e. The number of nitrogens with zero attached hydrogens (tertiary/aromatic N) is 3. The average molecular weight is 496 g/mol. The van der Waals surface area contributed by atoms with E-state index in [0.29, 0.717) is 5.56 Å². The average Bonchev–Trinajstić information content (AvgIpc) is 3.03. The van der Waals surface area contributed by atoms with Gasteiger partial charge in [0.05, 0.1) is 0 Å². The zero-order chi connectivity index (χ0) is 24.3. The van der Waals surface area contributed by atoms with Crippen LogP contribution < -0.4 is 15.2 Å². The first-order chi connectivity index (χ1) is 17.0. The van der Waals surface area contributed by atoms with Crippen molar-refractivity contribution in [1.82, 2.24) is 9.58 Å². The van der Waals surface area contributed by atoms with Gasteiger partial charge in [-0.2, -0.15) is 0 Å². The number of hydrogen-bond acceptors (Lipinski definition) is 6. The molecule has 0 spiro atoms. The number of amides is 1. The number of aromatic hydroxyl groups is 1. The second-order valence-corrected chi connectivity index (χ2v) is 9.42. The Hall–Kier alpha value is -3.79. The van der Waals surface area contributed by atoms with Crippen LogP contribution in [0.4, 0.5) is 8.78 Å². The summed E-state index contributed by atoms with van der Waals surface area (Å²) in [6.07, 6.45) is 4.83. The summed E-state index contributed by atoms with van der Waals surface area (Å²) in [5.74, 6) is -2.75. The molecule has 0 radical (unpaired) electrons. The number of fused-ring (bicyclic) bond motifs is 7. The normalized spacial score (nSPS) is 19.5. The lowest BCUT2D eigenvalue weighted by molar-refractivity contribution is 0.0701. The topological polar surface area (TPSA) is 75.0 Å². The van der Waals surface area contributed by atoms with Gasteiger partial charge in [0.25, 0.3) is 5.91 Å². The molecule has 7 nitrogen and oxygen atoms in total. The van der Waals surface area contributed by atoms with Crippen LogP contribution in [0.2, 0.25) is 0 Å². The Morgan fingerprint density at radius 3 is 2.80 bits per heavy atom. The van der Waals surface area contributed by atoms with Crippen LogP contribution in [0.15, 0.2) is 64.4 Å². The number of carbonyl (C=O) groups excluding carboxylic acids is 1. The molecule has 1 amide bonds. The summed E-state index contributed by atoms with van der Waals surface area (Å²) in [6.45, 7) is 0.355. The van der Waals surface area contributed by atoms with Gasteiger partial charge >= 0.3 is 0 Å². The van der Waals surface area contributed by atoms with Gasteiger partial charge in [-0.15, -0.1) is 11.8 Å². The van der Waals surface area contributed by atoms with E-state index in [9.17, 15) is 19.1 Å². The van der Waals surface area contributed by atoms with Crippen molar-refractivity contribution < 1.29 is 23.4 Å². The molecule has 2 aromatic carbocycles. The molecule has 0 unspecified atom stereocenters. The lowest BCUT2D eigenvalue weighted by atomic mass is 9.92. The highest BCUT2D eigenvalue weighted by atomic mass is 32.2. The summed E-state index contributed by atoms with van der Waals surface area (Å²) in [5.41, 5.74) is 0.551. The highest BCUT2D eigenvalue weighted by molar-refractivity contribution is 7.98. The van der Waals surface area contributed by atoms with Crippen molar-refractivity contribution in [3.63, 3.8) is 0 Å². The Morgan fingerprint density at radius 2 is 1.94 bits per heavy atom. The highest BCUT2D eigenvalue weighted by Gasteiger charge is 2.40. The van der Waals surface area contributed by atoms with Gasteiger partial charge in [0, 0.05) is 46.6 Å². The molecule has 10 heteroatoms. The number of carbonyl (C=O) groups is 1. The third-order valence-corrected chi connectivity index (χ3v) is 7.56. The predicted molar refractivity (Wildman–Crippen MR) is 125 cm³/mol. The molecular weight excluding hydrogens is 476 g/mol. The monoisotopic (exact) mass is 495 g/mol. The molecule has 3 aliphatic heterocycles. The molecule has 35 heavy (non-hydrogen) atoms. The largest absolute Gasteiger partial charge is 0.502 e. The Bertz CT molecular complexity index is 1470. The maximum absolute atomic E-state index is 15.3. The molecule has 4 heterocycles. The van der Waals surface area contributed by atoms with E-state index in [2.05, 4.69) is 0 Å². The van der Waals surface area contributed by atoms with Crippen molar-refractivity contribution >= 4 is 17.7 Å². The quantitative estimate of drug-likeness (QED) is 0.481. The lowest BCUT2D eigenvalue weighted by Crippen LogP contribution is -2.55. The molecular formula is C25H19F2N3O4S. The van der Waals surface area contributed by atoms with Gasteiger partial charge < -0.3 is 14.7 Å². The summed E-state index contributed by atoms with van der Waals surface area (Å²) in [7, 11) is 0. The van der Waals surface area contributed by atoms with Crippen molar-refractivity contribution in [2.75, 3.05) is 24.8 Å². The van der Waals surface area contributed by atoms with Crippen molar-refractivity contribution in [2.24, 2.45) is 0 Å². The van der Waals surface area contributed by atoms with Gasteiger partial charge in [0.15, 0.2) is 23.1 Å². The zero-order valence-electron chi connectivity index (χ0n) is 18.3. The molecule has 3 aromatic rings. The van der Waals surface area contributed by atoms with Gasteiger partial charge in [0.2, 0.25) is 5.43 Å². The maximum atomic E-state index is 15.3. The van der Waals surface area contributed by atoms with Crippen LogP contribution in [0.25, 0.3) is 0 Å². The number of halogens is 2. The van der Waals surface area contributed by atoms with Gasteiger partial charge in [-0.05, 0) is 17.7 Å². The molecule has 3 aliphatic rings. The Kier molecular flexibility index (Phi) is 5.06. The summed E-state index contributed by atoms with van der Waals surface area (Å²) in [4.78, 5) is 27.9. The van der Waals surface area contributed by atoms with E-state index in [1.807, 2.05) is 24.3 Å². The van der Waals surface area contributed by atoms with Gasteiger partial charge in [0.1, 0.15) is 25.1 Å². The Balaban J connectivity index is 1.71. The minimum atomic E-state index is -1.000. The number of rotatable bonds is 0. The second kappa shape index (κ2) is 8.16. The summed E-state index contributed by atoms with van der Waals surface area (Å²) < 4.78 is 37.3. The number of hydrogen-bond donors (Lipinski definition) is 1. The number of benzene rings is 2.